The highest BCUT2D eigenvalue weighted by Gasteiger charge is 2.08. The highest BCUT2D eigenvalue weighted by molar-refractivity contribution is 5.96. The van der Waals surface area contributed by atoms with E-state index in [1.54, 1.807) is 6.21 Å². The quantitative estimate of drug-likeness (QED) is 0.540. The van der Waals surface area contributed by atoms with Crippen LogP contribution in [0.5, 0.6) is 0 Å². The average Bonchev–Trinajstić information content (AvgIpc) is 2.67. The molecule has 0 fully saturated rings. The lowest BCUT2D eigenvalue weighted by Crippen LogP contribution is -2.17. The summed E-state index contributed by atoms with van der Waals surface area (Å²) in [6.45, 7) is -0.146. The Balaban J connectivity index is 1.59. The Hall–Kier alpha value is -3.40. The van der Waals surface area contributed by atoms with Gasteiger partial charge in [-0.25, -0.2) is 0 Å². The molecule has 3 rings (SSSR count). The number of hydrogen-bond acceptors (Lipinski definition) is 3. The summed E-state index contributed by atoms with van der Waals surface area (Å²) in [5, 5.41) is 6.69. The fourth-order valence-corrected chi connectivity index (χ4v) is 2.38. The second-order valence-electron chi connectivity index (χ2n) is 5.38. The molecule has 4 heteroatoms. The normalized spacial score (nSPS) is 10.6. The van der Waals surface area contributed by atoms with E-state index in [1.165, 1.54) is 0 Å². The zero-order chi connectivity index (χ0) is 17.3. The minimum absolute atomic E-state index is 0.146. The minimum Gasteiger partial charge on any atom is -0.386 e. The maximum absolute atomic E-state index is 12.1. The number of amides is 1. The standard InChI is InChI=1S/C21H18N2O2/c24-21(16-25-22-15-17-9-3-1-4-10-17)23-20-14-8-7-13-19(20)18-11-5-2-6-12-18/h1-15H,16H2,(H,23,24)/b22-15+. The van der Waals surface area contributed by atoms with Crippen LogP contribution in [0.3, 0.4) is 0 Å². The van der Waals surface area contributed by atoms with E-state index < -0.39 is 0 Å². The van der Waals surface area contributed by atoms with Gasteiger partial charge in [0, 0.05) is 11.3 Å². The lowest BCUT2D eigenvalue weighted by atomic mass is 10.0. The van der Waals surface area contributed by atoms with Crippen molar-refractivity contribution in [2.75, 3.05) is 11.9 Å². The number of carbonyl (C=O) groups is 1. The largest absolute Gasteiger partial charge is 0.386 e. The van der Waals surface area contributed by atoms with Crippen LogP contribution in [0, 0.1) is 0 Å². The van der Waals surface area contributed by atoms with Crippen molar-refractivity contribution in [1.29, 1.82) is 0 Å². The number of nitrogens with zero attached hydrogens (tertiary/aromatic N) is 1. The molecule has 0 saturated carbocycles. The molecule has 1 N–H and O–H groups in total. The van der Waals surface area contributed by atoms with E-state index in [2.05, 4.69) is 10.5 Å². The molecular weight excluding hydrogens is 312 g/mol. The molecule has 25 heavy (non-hydrogen) atoms. The van der Waals surface area contributed by atoms with E-state index in [0.29, 0.717) is 0 Å². The summed E-state index contributed by atoms with van der Waals surface area (Å²) in [5.41, 5.74) is 3.66. The van der Waals surface area contributed by atoms with Crippen LogP contribution in [-0.4, -0.2) is 18.7 Å². The van der Waals surface area contributed by atoms with Gasteiger partial charge in [-0.3, -0.25) is 4.79 Å². The first-order valence-corrected chi connectivity index (χ1v) is 7.97. The third-order valence-electron chi connectivity index (χ3n) is 3.56. The number of rotatable bonds is 6. The summed E-state index contributed by atoms with van der Waals surface area (Å²) in [6, 6.07) is 27.1. The van der Waals surface area contributed by atoms with Gasteiger partial charge in [-0.2, -0.15) is 0 Å². The maximum atomic E-state index is 12.1. The van der Waals surface area contributed by atoms with Crippen molar-refractivity contribution in [2.45, 2.75) is 0 Å². The molecule has 0 saturated heterocycles. The van der Waals surface area contributed by atoms with Crippen molar-refractivity contribution < 1.29 is 9.63 Å². The van der Waals surface area contributed by atoms with Crippen LogP contribution in [0.2, 0.25) is 0 Å². The lowest BCUT2D eigenvalue weighted by Gasteiger charge is -2.10. The molecule has 0 aromatic heterocycles. The Labute approximate surface area is 146 Å². The minimum atomic E-state index is -0.256. The monoisotopic (exact) mass is 330 g/mol. The van der Waals surface area contributed by atoms with Gasteiger partial charge in [0.1, 0.15) is 0 Å². The van der Waals surface area contributed by atoms with Crippen LogP contribution in [-0.2, 0) is 9.63 Å². The summed E-state index contributed by atoms with van der Waals surface area (Å²) >= 11 is 0. The van der Waals surface area contributed by atoms with Crippen molar-refractivity contribution in [3.63, 3.8) is 0 Å². The fourth-order valence-electron chi connectivity index (χ4n) is 2.38. The highest BCUT2D eigenvalue weighted by atomic mass is 16.6. The van der Waals surface area contributed by atoms with E-state index in [0.717, 1.165) is 22.4 Å². The highest BCUT2D eigenvalue weighted by Crippen LogP contribution is 2.27. The number of hydrogen-bond donors (Lipinski definition) is 1. The SMILES string of the molecule is O=C(CO/N=C/c1ccccc1)Nc1ccccc1-c1ccccc1. The molecule has 124 valence electrons. The van der Waals surface area contributed by atoms with Crippen LogP contribution >= 0.6 is 0 Å². The molecule has 1 amide bonds. The number of oxime groups is 1. The Bertz CT molecular complexity index is 846. The van der Waals surface area contributed by atoms with Gasteiger partial charge < -0.3 is 10.2 Å². The first-order chi connectivity index (χ1) is 12.3. The van der Waals surface area contributed by atoms with Gasteiger partial charge >= 0.3 is 0 Å². The van der Waals surface area contributed by atoms with Gasteiger partial charge in [-0.15, -0.1) is 0 Å². The first-order valence-electron chi connectivity index (χ1n) is 7.97. The number of anilines is 1. The molecule has 3 aromatic carbocycles. The molecular formula is C21H18N2O2. The van der Waals surface area contributed by atoms with Gasteiger partial charge in [-0.05, 0) is 17.2 Å². The zero-order valence-corrected chi connectivity index (χ0v) is 13.6. The molecule has 0 spiro atoms. The first kappa shape index (κ1) is 16.5. The number of benzene rings is 3. The predicted molar refractivity (Wildman–Crippen MR) is 100 cm³/mol. The summed E-state index contributed by atoms with van der Waals surface area (Å²) in [6.07, 6.45) is 1.57. The summed E-state index contributed by atoms with van der Waals surface area (Å²) in [5.74, 6) is -0.256. The topological polar surface area (TPSA) is 50.7 Å². The number of para-hydroxylation sites is 1. The van der Waals surface area contributed by atoms with Crippen molar-refractivity contribution in [2.24, 2.45) is 5.16 Å². The number of nitrogens with one attached hydrogen (secondary N) is 1. The molecule has 0 radical (unpaired) electrons. The Morgan fingerprint density at radius 3 is 2.28 bits per heavy atom. The van der Waals surface area contributed by atoms with E-state index in [-0.39, 0.29) is 12.5 Å². The predicted octanol–water partition coefficient (Wildman–Crippen LogP) is 4.34. The van der Waals surface area contributed by atoms with E-state index in [9.17, 15) is 4.79 Å². The van der Waals surface area contributed by atoms with E-state index >= 15 is 0 Å². The second kappa shape index (κ2) is 8.45. The van der Waals surface area contributed by atoms with Gasteiger partial charge in [0.2, 0.25) is 0 Å². The molecule has 4 nitrogen and oxygen atoms in total. The zero-order valence-electron chi connectivity index (χ0n) is 13.6. The van der Waals surface area contributed by atoms with Gasteiger partial charge in [0.05, 0.1) is 6.21 Å². The third-order valence-corrected chi connectivity index (χ3v) is 3.56. The molecule has 0 heterocycles. The Morgan fingerprint density at radius 2 is 1.52 bits per heavy atom. The van der Waals surface area contributed by atoms with Crippen LogP contribution in [0.25, 0.3) is 11.1 Å². The average molecular weight is 330 g/mol. The summed E-state index contributed by atoms with van der Waals surface area (Å²) in [7, 11) is 0. The molecule has 0 aliphatic rings. The van der Waals surface area contributed by atoms with Crippen molar-refractivity contribution in [3.05, 3.63) is 90.5 Å². The van der Waals surface area contributed by atoms with Crippen LogP contribution in [0.4, 0.5) is 5.69 Å². The van der Waals surface area contributed by atoms with Gasteiger partial charge in [0.25, 0.3) is 5.91 Å². The smallest absolute Gasteiger partial charge is 0.265 e. The molecule has 3 aromatic rings. The van der Waals surface area contributed by atoms with Crippen LogP contribution < -0.4 is 5.32 Å². The number of carbonyl (C=O) groups excluding carboxylic acids is 1. The van der Waals surface area contributed by atoms with Crippen LogP contribution in [0.1, 0.15) is 5.56 Å². The second-order valence-corrected chi connectivity index (χ2v) is 5.38. The Kier molecular flexibility index (Phi) is 5.56. The molecule has 0 aliphatic carbocycles. The lowest BCUT2D eigenvalue weighted by molar-refractivity contribution is -0.120. The molecule has 0 atom stereocenters. The fraction of sp³-hybridized carbons (Fsp3) is 0.0476. The molecule has 0 aliphatic heterocycles. The summed E-state index contributed by atoms with van der Waals surface area (Å²) < 4.78 is 0. The van der Waals surface area contributed by atoms with Gasteiger partial charge in [-0.1, -0.05) is 84.0 Å². The Morgan fingerprint density at radius 1 is 0.880 bits per heavy atom. The molecule has 0 unspecified atom stereocenters. The van der Waals surface area contributed by atoms with E-state index in [1.807, 2.05) is 84.9 Å². The van der Waals surface area contributed by atoms with Crippen molar-refractivity contribution >= 4 is 17.8 Å². The van der Waals surface area contributed by atoms with Crippen molar-refractivity contribution in [1.82, 2.24) is 0 Å². The van der Waals surface area contributed by atoms with Crippen molar-refractivity contribution in [3.8, 4) is 11.1 Å². The van der Waals surface area contributed by atoms with Crippen LogP contribution in [0.15, 0.2) is 90.1 Å². The summed E-state index contributed by atoms with van der Waals surface area (Å²) in [4.78, 5) is 17.2. The maximum Gasteiger partial charge on any atom is 0.265 e. The third kappa shape index (κ3) is 4.78. The van der Waals surface area contributed by atoms with Gasteiger partial charge in [0.15, 0.2) is 6.61 Å². The van der Waals surface area contributed by atoms with E-state index in [4.69, 9.17) is 4.84 Å². The molecule has 0 bridgehead atoms.